The molecule has 2 N–H and O–H groups in total. The number of nitrogens with one attached hydrogen (secondary N) is 1. The number of anilines is 2. The summed E-state index contributed by atoms with van der Waals surface area (Å²) in [6.07, 6.45) is 2.54. The third-order valence-corrected chi connectivity index (χ3v) is 3.91. The molecule has 0 spiro atoms. The van der Waals surface area contributed by atoms with Crippen molar-refractivity contribution in [2.45, 2.75) is 18.9 Å². The molecule has 0 aliphatic carbocycles. The molecule has 1 aliphatic heterocycles. The van der Waals surface area contributed by atoms with Crippen LogP contribution in [0.4, 0.5) is 11.4 Å². The first-order valence-electron chi connectivity index (χ1n) is 7.70. The molecule has 2 rings (SSSR count). The van der Waals surface area contributed by atoms with Gasteiger partial charge in [0.05, 0.1) is 12.6 Å². The van der Waals surface area contributed by atoms with Gasteiger partial charge in [-0.25, -0.2) is 0 Å². The maximum Gasteiger partial charge on any atom is 0.246 e. The van der Waals surface area contributed by atoms with Crippen molar-refractivity contribution in [1.82, 2.24) is 4.90 Å². The van der Waals surface area contributed by atoms with E-state index < -0.39 is 0 Å². The first-order valence-corrected chi connectivity index (χ1v) is 7.70. The van der Waals surface area contributed by atoms with Crippen LogP contribution in [0.5, 0.6) is 0 Å². The van der Waals surface area contributed by atoms with Gasteiger partial charge in [-0.05, 0) is 43.2 Å². The Morgan fingerprint density at radius 2 is 1.96 bits per heavy atom. The lowest BCUT2D eigenvalue weighted by Gasteiger charge is -2.31. The summed E-state index contributed by atoms with van der Waals surface area (Å²) in [4.78, 5) is 26.8. The van der Waals surface area contributed by atoms with Crippen LogP contribution in [0.25, 0.3) is 0 Å². The van der Waals surface area contributed by atoms with E-state index in [2.05, 4.69) is 16.8 Å². The molecule has 0 saturated carbocycles. The van der Waals surface area contributed by atoms with Gasteiger partial charge in [0.15, 0.2) is 0 Å². The number of benzene rings is 1. The Labute approximate surface area is 136 Å². The summed E-state index contributed by atoms with van der Waals surface area (Å²) >= 11 is 0. The van der Waals surface area contributed by atoms with Crippen molar-refractivity contribution in [3.05, 3.63) is 36.9 Å². The number of carbonyl (C=O) groups excluding carboxylic acids is 2. The highest BCUT2D eigenvalue weighted by Gasteiger charge is 2.17. The highest BCUT2D eigenvalue weighted by molar-refractivity contribution is 5.96. The molecule has 1 fully saturated rings. The second-order valence-electron chi connectivity index (χ2n) is 5.71. The van der Waals surface area contributed by atoms with E-state index in [1.807, 2.05) is 24.3 Å². The van der Waals surface area contributed by atoms with Crippen LogP contribution in [0.2, 0.25) is 0 Å². The van der Waals surface area contributed by atoms with Crippen molar-refractivity contribution < 1.29 is 14.7 Å². The van der Waals surface area contributed by atoms with Crippen molar-refractivity contribution in [3.63, 3.8) is 0 Å². The summed E-state index contributed by atoms with van der Waals surface area (Å²) in [7, 11) is 1.55. The number of amides is 2. The van der Waals surface area contributed by atoms with Gasteiger partial charge in [0, 0.05) is 31.5 Å². The van der Waals surface area contributed by atoms with Crippen molar-refractivity contribution in [2.75, 3.05) is 36.9 Å². The molecule has 6 nitrogen and oxygen atoms in total. The van der Waals surface area contributed by atoms with Gasteiger partial charge in [-0.15, -0.1) is 0 Å². The molecule has 2 amide bonds. The molecule has 0 radical (unpaired) electrons. The van der Waals surface area contributed by atoms with Gasteiger partial charge in [0.25, 0.3) is 0 Å². The summed E-state index contributed by atoms with van der Waals surface area (Å²) < 4.78 is 0. The predicted molar refractivity (Wildman–Crippen MR) is 90.4 cm³/mol. The molecule has 1 aromatic rings. The van der Waals surface area contributed by atoms with E-state index in [4.69, 9.17) is 0 Å². The monoisotopic (exact) mass is 317 g/mol. The third kappa shape index (κ3) is 4.82. The zero-order valence-electron chi connectivity index (χ0n) is 13.4. The fraction of sp³-hybridized carbons (Fsp3) is 0.412. The second kappa shape index (κ2) is 7.78. The van der Waals surface area contributed by atoms with Crippen molar-refractivity contribution >= 4 is 23.2 Å². The highest BCUT2D eigenvalue weighted by Crippen LogP contribution is 2.22. The van der Waals surface area contributed by atoms with Crippen molar-refractivity contribution in [3.8, 4) is 0 Å². The topological polar surface area (TPSA) is 72.9 Å². The lowest BCUT2D eigenvalue weighted by molar-refractivity contribution is -0.129. The Bertz CT molecular complexity index is 563. The molecule has 0 atom stereocenters. The van der Waals surface area contributed by atoms with Gasteiger partial charge in [0.1, 0.15) is 0 Å². The van der Waals surface area contributed by atoms with Gasteiger partial charge in [-0.3, -0.25) is 9.59 Å². The summed E-state index contributed by atoms with van der Waals surface area (Å²) in [5.74, 6) is -0.542. The number of piperidine rings is 1. The fourth-order valence-electron chi connectivity index (χ4n) is 2.53. The zero-order chi connectivity index (χ0) is 16.8. The number of rotatable bonds is 5. The van der Waals surface area contributed by atoms with Crippen molar-refractivity contribution in [2.24, 2.45) is 0 Å². The lowest BCUT2D eigenvalue weighted by Crippen LogP contribution is -2.35. The van der Waals surface area contributed by atoms with E-state index in [0.29, 0.717) is 5.69 Å². The Morgan fingerprint density at radius 1 is 1.35 bits per heavy atom. The minimum absolute atomic E-state index is 0.0172. The first-order chi connectivity index (χ1) is 11.0. The number of nitrogens with zero attached hydrogens (tertiary/aromatic N) is 2. The van der Waals surface area contributed by atoms with Crippen LogP contribution < -0.4 is 10.2 Å². The van der Waals surface area contributed by atoms with E-state index in [0.717, 1.165) is 31.6 Å². The van der Waals surface area contributed by atoms with E-state index >= 15 is 0 Å². The number of carbonyl (C=O) groups is 2. The highest BCUT2D eigenvalue weighted by atomic mass is 16.3. The average Bonchev–Trinajstić information content (AvgIpc) is 2.55. The molecule has 1 aromatic carbocycles. The number of hydrogen-bond acceptors (Lipinski definition) is 4. The summed E-state index contributed by atoms with van der Waals surface area (Å²) in [5, 5.41) is 12.3. The largest absolute Gasteiger partial charge is 0.393 e. The van der Waals surface area contributed by atoms with Crippen LogP contribution in [-0.4, -0.2) is 54.6 Å². The molecular formula is C17H23N3O3. The van der Waals surface area contributed by atoms with E-state index in [1.165, 1.54) is 11.0 Å². The molecule has 6 heteroatoms. The van der Waals surface area contributed by atoms with E-state index in [9.17, 15) is 14.7 Å². The smallest absolute Gasteiger partial charge is 0.246 e. The molecule has 0 bridgehead atoms. The first kappa shape index (κ1) is 17.0. The maximum atomic E-state index is 11.9. The maximum absolute atomic E-state index is 11.9. The average molecular weight is 317 g/mol. The minimum Gasteiger partial charge on any atom is -0.393 e. The van der Waals surface area contributed by atoms with E-state index in [-0.39, 0.29) is 24.5 Å². The summed E-state index contributed by atoms with van der Waals surface area (Å²) in [5.41, 5.74) is 1.77. The Kier molecular flexibility index (Phi) is 5.76. The predicted octanol–water partition coefficient (Wildman–Crippen LogP) is 1.23. The fourth-order valence-corrected chi connectivity index (χ4v) is 2.53. The van der Waals surface area contributed by atoms with E-state index in [1.54, 1.807) is 7.05 Å². The molecular weight excluding hydrogens is 294 g/mol. The van der Waals surface area contributed by atoms with Crippen LogP contribution in [0.15, 0.2) is 36.9 Å². The Balaban J connectivity index is 1.88. The van der Waals surface area contributed by atoms with Crippen molar-refractivity contribution in [1.29, 1.82) is 0 Å². The second-order valence-corrected chi connectivity index (χ2v) is 5.71. The van der Waals surface area contributed by atoms with Crippen LogP contribution in [0, 0.1) is 0 Å². The number of aliphatic hydroxyl groups excluding tert-OH is 1. The molecule has 0 unspecified atom stereocenters. The molecule has 1 aliphatic rings. The lowest BCUT2D eigenvalue weighted by atomic mass is 10.1. The number of aliphatic hydroxyl groups is 1. The van der Waals surface area contributed by atoms with Crippen LogP contribution >= 0.6 is 0 Å². The van der Waals surface area contributed by atoms with Gasteiger partial charge in [-0.1, -0.05) is 6.58 Å². The summed E-state index contributed by atoms with van der Waals surface area (Å²) in [6.45, 7) is 5.04. The standard InChI is InChI=1S/C17H23N3O3/c1-3-17(23)19(2)12-16(22)18-13-4-6-14(7-5-13)20-10-8-15(21)9-11-20/h3-7,15,21H,1,8-12H2,2H3,(H,18,22). The van der Waals surface area contributed by atoms with Gasteiger partial charge >= 0.3 is 0 Å². The van der Waals surface area contributed by atoms with Crippen LogP contribution in [-0.2, 0) is 9.59 Å². The Morgan fingerprint density at radius 3 is 2.52 bits per heavy atom. The van der Waals surface area contributed by atoms with Gasteiger partial charge in [0.2, 0.25) is 11.8 Å². The zero-order valence-corrected chi connectivity index (χ0v) is 13.4. The molecule has 1 saturated heterocycles. The van der Waals surface area contributed by atoms with Gasteiger partial charge in [-0.2, -0.15) is 0 Å². The quantitative estimate of drug-likeness (QED) is 0.801. The molecule has 1 heterocycles. The molecule has 124 valence electrons. The molecule has 23 heavy (non-hydrogen) atoms. The summed E-state index contributed by atoms with van der Waals surface area (Å²) in [6, 6.07) is 7.58. The third-order valence-electron chi connectivity index (χ3n) is 3.91. The number of likely N-dealkylation sites (N-methyl/N-ethyl adjacent to an activating group) is 1. The Hall–Kier alpha value is -2.34. The van der Waals surface area contributed by atoms with Gasteiger partial charge < -0.3 is 20.2 Å². The molecule has 0 aromatic heterocycles. The minimum atomic E-state index is -0.289. The SMILES string of the molecule is C=CC(=O)N(C)CC(=O)Nc1ccc(N2CCC(O)CC2)cc1. The normalized spacial score (nSPS) is 15.1. The van der Waals surface area contributed by atoms with Crippen LogP contribution in [0.1, 0.15) is 12.8 Å². The number of hydrogen-bond donors (Lipinski definition) is 2. The van der Waals surface area contributed by atoms with Crippen LogP contribution in [0.3, 0.4) is 0 Å².